The summed E-state index contributed by atoms with van der Waals surface area (Å²) in [4.78, 5) is 16.3. The Morgan fingerprint density at radius 1 is 1.09 bits per heavy atom. The first-order chi connectivity index (χ1) is 15.4. The molecule has 0 unspecified atom stereocenters. The maximum atomic E-state index is 11.7. The molecule has 0 spiro atoms. The topological polar surface area (TPSA) is 69.7 Å². The Hall–Kier alpha value is -3.15. The second-order valence-corrected chi connectivity index (χ2v) is 8.64. The fraction of sp³-hybridized carbons (Fsp3) is 0.250. The molecule has 0 saturated carbocycles. The predicted molar refractivity (Wildman–Crippen MR) is 129 cm³/mol. The van der Waals surface area contributed by atoms with E-state index in [0.717, 1.165) is 32.6 Å². The van der Waals surface area contributed by atoms with Gasteiger partial charge in [-0.2, -0.15) is 0 Å². The van der Waals surface area contributed by atoms with Gasteiger partial charge in [0.05, 0.1) is 32.6 Å². The van der Waals surface area contributed by atoms with Gasteiger partial charge >= 0.3 is 5.97 Å². The highest BCUT2D eigenvalue weighted by atomic mass is 32.2. The minimum absolute atomic E-state index is 0.335. The Morgan fingerprint density at radius 3 is 2.59 bits per heavy atom. The smallest absolute Gasteiger partial charge is 0.337 e. The number of carbonyl (C=O) groups is 1. The lowest BCUT2D eigenvalue weighted by Crippen LogP contribution is -2.02. The van der Waals surface area contributed by atoms with E-state index in [4.69, 9.17) is 14.2 Å². The molecule has 0 saturated heterocycles. The maximum absolute atomic E-state index is 11.7. The summed E-state index contributed by atoms with van der Waals surface area (Å²) in [6, 6.07) is 11.0. The van der Waals surface area contributed by atoms with Gasteiger partial charge in [0.1, 0.15) is 16.5 Å². The largest absolute Gasteiger partial charge is 0.497 e. The molecule has 0 fully saturated rings. The summed E-state index contributed by atoms with van der Waals surface area (Å²) in [6.07, 6.45) is 0. The number of esters is 1. The van der Waals surface area contributed by atoms with Crippen molar-refractivity contribution in [2.24, 2.45) is 0 Å². The molecule has 0 amide bonds. The maximum Gasteiger partial charge on any atom is 0.337 e. The van der Waals surface area contributed by atoms with Gasteiger partial charge in [0.15, 0.2) is 5.01 Å². The first-order valence-electron chi connectivity index (χ1n) is 9.79. The van der Waals surface area contributed by atoms with E-state index in [1.165, 1.54) is 30.4 Å². The number of nitrogens with one attached hydrogen (secondary N) is 1. The van der Waals surface area contributed by atoms with E-state index in [-0.39, 0.29) is 0 Å². The Morgan fingerprint density at radius 2 is 1.91 bits per heavy atom. The molecule has 166 valence electrons. The van der Waals surface area contributed by atoms with Crippen LogP contribution in [0.2, 0.25) is 0 Å². The lowest BCUT2D eigenvalue weighted by Gasteiger charge is -2.10. The minimum Gasteiger partial charge on any atom is -0.497 e. The molecule has 3 rings (SSSR count). The van der Waals surface area contributed by atoms with Gasteiger partial charge in [0.2, 0.25) is 0 Å². The number of rotatable bonds is 7. The first kappa shape index (κ1) is 23.5. The highest BCUT2D eigenvalue weighted by Gasteiger charge is 2.11. The number of aromatic nitrogens is 1. The number of carbonyl (C=O) groups excluding carboxylic acids is 1. The van der Waals surface area contributed by atoms with Crippen LogP contribution in [0.4, 0.5) is 5.69 Å². The number of hydrogen-bond donors (Lipinski definition) is 1. The van der Waals surface area contributed by atoms with Crippen molar-refractivity contribution in [2.45, 2.75) is 24.8 Å². The highest BCUT2D eigenvalue weighted by Crippen LogP contribution is 2.31. The average Bonchev–Trinajstić information content (AvgIpc) is 3.28. The fourth-order valence-corrected chi connectivity index (χ4v) is 4.31. The molecular weight excluding hydrogens is 444 g/mol. The van der Waals surface area contributed by atoms with Gasteiger partial charge in [0, 0.05) is 22.9 Å². The van der Waals surface area contributed by atoms with Gasteiger partial charge in [-0.1, -0.05) is 19.8 Å². The number of thiazole rings is 1. The van der Waals surface area contributed by atoms with Gasteiger partial charge in [-0.05, 0) is 53.8 Å². The molecule has 0 aliphatic heterocycles. The molecule has 0 radical (unpaired) electrons. The van der Waals surface area contributed by atoms with Crippen LogP contribution in [0.3, 0.4) is 0 Å². The van der Waals surface area contributed by atoms with Crippen molar-refractivity contribution in [1.29, 1.82) is 0 Å². The standard InChI is InChI=1S/C24H24N2O4S2/c1-15(2)19-13-18(28-3)9-6-16(19)8-11-22-25-23(14-31-22)32-26-20-10-7-17(24(27)30-5)12-21(20)29-4/h6-7,9-10,12-15,26H,1-5H3. The van der Waals surface area contributed by atoms with Crippen molar-refractivity contribution in [3.63, 3.8) is 0 Å². The Balaban J connectivity index is 1.71. The van der Waals surface area contributed by atoms with Crippen molar-refractivity contribution in [3.05, 3.63) is 63.5 Å². The third-order valence-corrected chi connectivity index (χ3v) is 6.20. The normalized spacial score (nSPS) is 10.3. The van der Waals surface area contributed by atoms with Crippen LogP contribution in [-0.2, 0) is 4.74 Å². The molecule has 2 aromatic carbocycles. The molecular formula is C24H24N2O4S2. The second-order valence-electron chi connectivity index (χ2n) is 6.96. The predicted octanol–water partition coefficient (Wildman–Crippen LogP) is 5.59. The van der Waals surface area contributed by atoms with E-state index < -0.39 is 5.97 Å². The van der Waals surface area contributed by atoms with Crippen LogP contribution in [0.25, 0.3) is 0 Å². The van der Waals surface area contributed by atoms with Crippen LogP contribution in [0.15, 0.2) is 46.8 Å². The van der Waals surface area contributed by atoms with E-state index in [1.807, 2.05) is 23.6 Å². The lowest BCUT2D eigenvalue weighted by molar-refractivity contribution is 0.0600. The van der Waals surface area contributed by atoms with Crippen LogP contribution in [0, 0.1) is 11.8 Å². The van der Waals surface area contributed by atoms with Crippen molar-refractivity contribution in [3.8, 4) is 23.3 Å². The van der Waals surface area contributed by atoms with Gasteiger partial charge in [-0.25, -0.2) is 9.78 Å². The fourth-order valence-electron chi connectivity index (χ4n) is 2.87. The zero-order valence-electron chi connectivity index (χ0n) is 18.5. The van der Waals surface area contributed by atoms with Crippen LogP contribution < -0.4 is 14.2 Å². The van der Waals surface area contributed by atoms with Crippen LogP contribution in [0.5, 0.6) is 11.5 Å². The Labute approximate surface area is 196 Å². The zero-order chi connectivity index (χ0) is 23.1. The summed E-state index contributed by atoms with van der Waals surface area (Å²) in [5.74, 6) is 7.69. The summed E-state index contributed by atoms with van der Waals surface area (Å²) in [7, 11) is 4.56. The monoisotopic (exact) mass is 468 g/mol. The van der Waals surface area contributed by atoms with E-state index in [9.17, 15) is 4.79 Å². The van der Waals surface area contributed by atoms with Crippen LogP contribution in [0.1, 0.15) is 46.3 Å². The summed E-state index contributed by atoms with van der Waals surface area (Å²) in [6.45, 7) is 4.27. The van der Waals surface area contributed by atoms with E-state index in [0.29, 0.717) is 17.2 Å². The minimum atomic E-state index is -0.414. The molecule has 0 aliphatic rings. The summed E-state index contributed by atoms with van der Waals surface area (Å²) in [5, 5.41) is 3.46. The highest BCUT2D eigenvalue weighted by molar-refractivity contribution is 8.00. The third kappa shape index (κ3) is 5.75. The molecule has 0 aliphatic carbocycles. The lowest BCUT2D eigenvalue weighted by atomic mass is 9.97. The molecule has 6 nitrogen and oxygen atoms in total. The molecule has 1 heterocycles. The summed E-state index contributed by atoms with van der Waals surface area (Å²) >= 11 is 2.83. The quantitative estimate of drug-likeness (QED) is 0.275. The Bertz CT molecular complexity index is 1160. The molecule has 32 heavy (non-hydrogen) atoms. The van der Waals surface area contributed by atoms with E-state index in [2.05, 4.69) is 35.4 Å². The number of nitrogens with zero attached hydrogens (tertiary/aromatic N) is 1. The molecule has 3 aromatic rings. The number of methoxy groups -OCH3 is 3. The van der Waals surface area contributed by atoms with Crippen molar-refractivity contribution in [2.75, 3.05) is 26.1 Å². The number of benzene rings is 2. The SMILES string of the molecule is COC(=O)c1ccc(NSc2csc(C#Cc3ccc(OC)cc3C(C)C)n2)c(OC)c1. The number of hydrogen-bond acceptors (Lipinski definition) is 8. The van der Waals surface area contributed by atoms with Crippen LogP contribution >= 0.6 is 23.3 Å². The van der Waals surface area contributed by atoms with Gasteiger partial charge in [-0.3, -0.25) is 0 Å². The molecule has 0 atom stereocenters. The van der Waals surface area contributed by atoms with Crippen molar-refractivity contribution in [1.82, 2.24) is 4.98 Å². The van der Waals surface area contributed by atoms with Gasteiger partial charge in [-0.15, -0.1) is 11.3 Å². The second kappa shape index (κ2) is 10.9. The summed E-state index contributed by atoms with van der Waals surface area (Å²) in [5.41, 5.74) is 3.27. The van der Waals surface area contributed by atoms with E-state index in [1.54, 1.807) is 32.4 Å². The summed E-state index contributed by atoms with van der Waals surface area (Å²) < 4.78 is 18.7. The van der Waals surface area contributed by atoms with E-state index >= 15 is 0 Å². The molecule has 1 aromatic heterocycles. The molecule has 8 heteroatoms. The first-order valence-corrected chi connectivity index (χ1v) is 11.5. The van der Waals surface area contributed by atoms with Crippen LogP contribution in [-0.4, -0.2) is 32.3 Å². The number of anilines is 1. The van der Waals surface area contributed by atoms with Gasteiger partial charge < -0.3 is 18.9 Å². The molecule has 1 N–H and O–H groups in total. The molecule has 0 bridgehead atoms. The van der Waals surface area contributed by atoms with Crippen molar-refractivity contribution >= 4 is 34.9 Å². The van der Waals surface area contributed by atoms with Crippen molar-refractivity contribution < 1.29 is 19.0 Å². The van der Waals surface area contributed by atoms with Gasteiger partial charge in [0.25, 0.3) is 0 Å². The zero-order valence-corrected chi connectivity index (χ0v) is 20.1. The average molecular weight is 469 g/mol. The third-order valence-electron chi connectivity index (χ3n) is 4.56. The number of ether oxygens (including phenoxy) is 3. The Kier molecular flexibility index (Phi) is 8.03.